The number of amides is 1. The van der Waals surface area contributed by atoms with E-state index >= 15 is 0 Å². The molecule has 0 bridgehead atoms. The molecule has 0 unspecified atom stereocenters. The Kier molecular flexibility index (Phi) is 5.53. The highest BCUT2D eigenvalue weighted by Gasteiger charge is 2.15. The molecule has 1 aromatic heterocycles. The second kappa shape index (κ2) is 7.85. The van der Waals surface area contributed by atoms with Crippen LogP contribution in [0, 0.1) is 17.0 Å². The third kappa shape index (κ3) is 3.99. The Morgan fingerprint density at radius 2 is 1.96 bits per heavy atom. The number of halogens is 1. The van der Waals surface area contributed by atoms with E-state index < -0.39 is 10.8 Å². The molecule has 8 heteroatoms. The van der Waals surface area contributed by atoms with Gasteiger partial charge in [-0.1, -0.05) is 29.8 Å². The third-order valence-corrected chi connectivity index (χ3v) is 5.26. The highest BCUT2D eigenvalue weighted by Crippen LogP contribution is 2.26. The van der Waals surface area contributed by atoms with Crippen LogP contribution in [0.1, 0.15) is 22.2 Å². The van der Waals surface area contributed by atoms with E-state index in [1.165, 1.54) is 35.6 Å². The number of rotatable bonds is 4. The highest BCUT2D eigenvalue weighted by atomic mass is 35.5. The van der Waals surface area contributed by atoms with Gasteiger partial charge in [0.1, 0.15) is 0 Å². The van der Waals surface area contributed by atoms with Gasteiger partial charge in [0, 0.05) is 34.1 Å². The number of benzene rings is 2. The number of aromatic nitrogens is 1. The molecule has 0 aliphatic heterocycles. The summed E-state index contributed by atoms with van der Waals surface area (Å²) in [5, 5.41) is 11.6. The van der Waals surface area contributed by atoms with Crippen molar-refractivity contribution in [2.75, 3.05) is 0 Å². The maximum Gasteiger partial charge on any atom is 0.279 e. The van der Waals surface area contributed by atoms with Crippen LogP contribution in [-0.2, 0) is 6.54 Å². The van der Waals surface area contributed by atoms with E-state index in [9.17, 15) is 14.9 Å². The number of non-ortho nitro benzene ring substituents is 1. The van der Waals surface area contributed by atoms with Crippen molar-refractivity contribution in [1.82, 2.24) is 4.57 Å². The molecule has 6 nitrogen and oxygen atoms in total. The van der Waals surface area contributed by atoms with Gasteiger partial charge in [0.05, 0.1) is 10.6 Å². The second-order valence-corrected chi connectivity index (χ2v) is 7.38. The Bertz CT molecular complexity index is 1080. The molecular weight excluding hydrogens is 386 g/mol. The molecule has 0 radical (unpaired) electrons. The lowest BCUT2D eigenvalue weighted by molar-refractivity contribution is -0.384. The average molecular weight is 402 g/mol. The maximum absolute atomic E-state index is 12.5. The van der Waals surface area contributed by atoms with Crippen molar-refractivity contribution in [3.63, 3.8) is 0 Å². The Morgan fingerprint density at radius 3 is 2.59 bits per heavy atom. The van der Waals surface area contributed by atoms with Gasteiger partial charge in [0.15, 0.2) is 4.80 Å². The number of carbonyl (C=O) groups is 1. The number of nitrogens with zero attached hydrogens (tertiary/aromatic N) is 3. The summed E-state index contributed by atoms with van der Waals surface area (Å²) in [5.41, 5.74) is 2.01. The summed E-state index contributed by atoms with van der Waals surface area (Å²) in [6.45, 7) is 4.57. The van der Waals surface area contributed by atoms with Crippen LogP contribution < -0.4 is 4.80 Å². The number of hydrogen-bond acceptors (Lipinski definition) is 4. The fourth-order valence-corrected chi connectivity index (χ4v) is 3.96. The number of nitro benzene ring substituents is 1. The molecule has 0 N–H and O–H groups in total. The van der Waals surface area contributed by atoms with Crippen LogP contribution in [0.2, 0.25) is 5.02 Å². The molecular formula is C19H16ClN3O3S. The van der Waals surface area contributed by atoms with Crippen molar-refractivity contribution in [3.05, 3.63) is 78.9 Å². The van der Waals surface area contributed by atoms with E-state index in [1.54, 1.807) is 0 Å². The minimum absolute atomic E-state index is 0.136. The van der Waals surface area contributed by atoms with E-state index in [-0.39, 0.29) is 11.3 Å². The molecule has 2 aromatic carbocycles. The van der Waals surface area contributed by atoms with E-state index in [4.69, 9.17) is 11.6 Å². The molecule has 0 aliphatic rings. The molecule has 0 atom stereocenters. The maximum atomic E-state index is 12.5. The van der Waals surface area contributed by atoms with Crippen molar-refractivity contribution in [2.24, 2.45) is 4.99 Å². The number of aryl methyl sites for hydroxylation is 1. The summed E-state index contributed by atoms with van der Waals surface area (Å²) >= 11 is 7.38. The molecule has 0 spiro atoms. The van der Waals surface area contributed by atoms with Crippen LogP contribution in [0.15, 0.2) is 53.5 Å². The minimum atomic E-state index is -0.531. The summed E-state index contributed by atoms with van der Waals surface area (Å²) in [5.74, 6) is -0.509. The van der Waals surface area contributed by atoms with Gasteiger partial charge in [-0.3, -0.25) is 14.9 Å². The Labute approximate surface area is 164 Å². The first kappa shape index (κ1) is 19.0. The van der Waals surface area contributed by atoms with Crippen molar-refractivity contribution >= 4 is 34.5 Å². The topological polar surface area (TPSA) is 77.5 Å². The fourth-order valence-electron chi connectivity index (χ4n) is 2.77. The van der Waals surface area contributed by atoms with Crippen LogP contribution in [0.4, 0.5) is 5.69 Å². The fraction of sp³-hybridized carbons (Fsp3) is 0.158. The van der Waals surface area contributed by atoms with Crippen LogP contribution in [0.25, 0.3) is 11.3 Å². The predicted molar refractivity (Wildman–Crippen MR) is 106 cm³/mol. The van der Waals surface area contributed by atoms with Crippen LogP contribution >= 0.6 is 22.9 Å². The smallest absolute Gasteiger partial charge is 0.279 e. The van der Waals surface area contributed by atoms with Crippen molar-refractivity contribution < 1.29 is 9.72 Å². The zero-order chi connectivity index (χ0) is 19.6. The molecule has 1 amide bonds. The summed E-state index contributed by atoms with van der Waals surface area (Å²) in [6.07, 6.45) is 0. The van der Waals surface area contributed by atoms with Crippen molar-refractivity contribution in [1.29, 1.82) is 0 Å². The van der Waals surface area contributed by atoms with Gasteiger partial charge in [-0.2, -0.15) is 4.99 Å². The standard InChI is InChI=1S/C19H16ClN3O3S/c1-3-22-17(13-7-9-15(20)10-8-13)12(2)27-19(22)21-18(24)14-5-4-6-16(11-14)23(25)26/h4-11H,3H2,1-2H3. The van der Waals surface area contributed by atoms with Gasteiger partial charge in [-0.05, 0) is 37.6 Å². The Morgan fingerprint density at radius 1 is 1.26 bits per heavy atom. The first-order valence-electron chi connectivity index (χ1n) is 8.20. The molecule has 3 rings (SSSR count). The van der Waals surface area contributed by atoms with Crippen molar-refractivity contribution in [2.45, 2.75) is 20.4 Å². The van der Waals surface area contributed by atoms with Gasteiger partial charge in [0.2, 0.25) is 0 Å². The molecule has 0 aliphatic carbocycles. The van der Waals surface area contributed by atoms with Gasteiger partial charge in [-0.15, -0.1) is 11.3 Å². The van der Waals surface area contributed by atoms with E-state index in [1.807, 2.05) is 42.7 Å². The van der Waals surface area contributed by atoms with Gasteiger partial charge >= 0.3 is 0 Å². The Hall–Kier alpha value is -2.77. The molecule has 0 saturated heterocycles. The molecule has 3 aromatic rings. The molecule has 0 saturated carbocycles. The van der Waals surface area contributed by atoms with Crippen molar-refractivity contribution in [3.8, 4) is 11.3 Å². The normalized spacial score (nSPS) is 11.6. The van der Waals surface area contributed by atoms with E-state index in [2.05, 4.69) is 4.99 Å². The number of carbonyl (C=O) groups excluding carboxylic acids is 1. The lowest BCUT2D eigenvalue weighted by atomic mass is 10.1. The monoisotopic (exact) mass is 401 g/mol. The predicted octanol–water partition coefficient (Wildman–Crippen LogP) is 4.85. The molecule has 27 heavy (non-hydrogen) atoms. The molecule has 0 fully saturated rings. The highest BCUT2D eigenvalue weighted by molar-refractivity contribution is 7.09. The van der Waals surface area contributed by atoms with E-state index in [0.29, 0.717) is 16.4 Å². The molecule has 138 valence electrons. The quantitative estimate of drug-likeness (QED) is 0.463. The van der Waals surface area contributed by atoms with Crippen LogP contribution in [0.3, 0.4) is 0 Å². The number of nitro groups is 1. The number of thiazole rings is 1. The first-order valence-corrected chi connectivity index (χ1v) is 9.40. The summed E-state index contributed by atoms with van der Waals surface area (Å²) < 4.78 is 1.96. The van der Waals surface area contributed by atoms with Crippen LogP contribution in [0.5, 0.6) is 0 Å². The second-order valence-electron chi connectivity index (χ2n) is 5.76. The third-order valence-electron chi connectivity index (χ3n) is 4.01. The zero-order valence-electron chi connectivity index (χ0n) is 14.7. The molecule has 1 heterocycles. The summed E-state index contributed by atoms with van der Waals surface area (Å²) in [6, 6.07) is 13.1. The summed E-state index contributed by atoms with van der Waals surface area (Å²) in [7, 11) is 0. The SMILES string of the molecule is CCn1c(-c2ccc(Cl)cc2)c(C)sc1=NC(=O)c1cccc([N+](=O)[O-])c1. The lowest BCUT2D eigenvalue weighted by Gasteiger charge is -2.07. The zero-order valence-corrected chi connectivity index (χ0v) is 16.3. The average Bonchev–Trinajstić information content (AvgIpc) is 2.97. The lowest BCUT2D eigenvalue weighted by Crippen LogP contribution is -2.17. The first-order chi connectivity index (χ1) is 12.9. The van der Waals surface area contributed by atoms with Crippen LogP contribution in [-0.4, -0.2) is 15.4 Å². The largest absolute Gasteiger partial charge is 0.316 e. The van der Waals surface area contributed by atoms with Gasteiger partial charge in [0.25, 0.3) is 11.6 Å². The number of hydrogen-bond donors (Lipinski definition) is 0. The minimum Gasteiger partial charge on any atom is -0.316 e. The van der Waals surface area contributed by atoms with Gasteiger partial charge < -0.3 is 4.57 Å². The van der Waals surface area contributed by atoms with Gasteiger partial charge in [-0.25, -0.2) is 0 Å². The van der Waals surface area contributed by atoms with E-state index in [0.717, 1.165) is 16.1 Å². The Balaban J connectivity index is 2.08. The summed E-state index contributed by atoms with van der Waals surface area (Å²) in [4.78, 5) is 28.7.